The van der Waals surface area contributed by atoms with Crippen molar-refractivity contribution in [3.05, 3.63) is 35.9 Å². The lowest BCUT2D eigenvalue weighted by Gasteiger charge is -2.23. The maximum atomic E-state index is 11.7. The zero-order chi connectivity index (χ0) is 13.7. The largest absolute Gasteiger partial charge is 0.352 e. The van der Waals surface area contributed by atoms with E-state index in [4.69, 9.17) is 5.73 Å². The van der Waals surface area contributed by atoms with Crippen LogP contribution < -0.4 is 11.1 Å². The van der Waals surface area contributed by atoms with Crippen molar-refractivity contribution >= 4 is 17.6 Å². The van der Waals surface area contributed by atoms with E-state index < -0.39 is 6.03 Å². The third kappa shape index (κ3) is 3.54. The van der Waals surface area contributed by atoms with Gasteiger partial charge in [0.1, 0.15) is 0 Å². The highest BCUT2D eigenvalue weighted by Gasteiger charge is 2.20. The number of carbonyl (C=O) groups is 2. The van der Waals surface area contributed by atoms with Gasteiger partial charge in [-0.3, -0.25) is 4.79 Å². The van der Waals surface area contributed by atoms with Gasteiger partial charge in [0, 0.05) is 19.4 Å². The first-order chi connectivity index (χ1) is 9.16. The number of nitrogens with zero attached hydrogens (tertiary/aromatic N) is 2. The van der Waals surface area contributed by atoms with E-state index >= 15 is 0 Å². The van der Waals surface area contributed by atoms with E-state index in [9.17, 15) is 9.59 Å². The monoisotopic (exact) mass is 260 g/mol. The Labute approximate surface area is 111 Å². The van der Waals surface area contributed by atoms with Crippen molar-refractivity contribution in [2.45, 2.75) is 12.8 Å². The number of nitrogens with two attached hydrogens (primary N) is 1. The zero-order valence-electron chi connectivity index (χ0n) is 10.5. The second-order valence-corrected chi connectivity index (χ2v) is 4.22. The van der Waals surface area contributed by atoms with Crippen molar-refractivity contribution in [2.75, 3.05) is 13.1 Å². The average molecular weight is 260 g/mol. The van der Waals surface area contributed by atoms with Crippen molar-refractivity contribution in [1.82, 2.24) is 10.3 Å². The van der Waals surface area contributed by atoms with Crippen LogP contribution in [-0.2, 0) is 4.79 Å². The molecule has 0 fully saturated rings. The Morgan fingerprint density at radius 1 is 1.32 bits per heavy atom. The van der Waals surface area contributed by atoms with Gasteiger partial charge in [-0.25, -0.2) is 9.80 Å². The molecule has 2 rings (SSSR count). The van der Waals surface area contributed by atoms with Gasteiger partial charge in [0.15, 0.2) is 0 Å². The number of urea groups is 1. The molecule has 1 aliphatic rings. The quantitative estimate of drug-likeness (QED) is 0.834. The summed E-state index contributed by atoms with van der Waals surface area (Å²) in [6, 6.07) is 9.15. The summed E-state index contributed by atoms with van der Waals surface area (Å²) in [5.41, 5.74) is 6.88. The highest BCUT2D eigenvalue weighted by Crippen LogP contribution is 2.14. The van der Waals surface area contributed by atoms with Gasteiger partial charge in [0.2, 0.25) is 5.91 Å². The summed E-state index contributed by atoms with van der Waals surface area (Å²) in [6.07, 6.45) is 1.08. The predicted octanol–water partition coefficient (Wildman–Crippen LogP) is 0.681. The number of carbonyl (C=O) groups excluding carboxylic acids is 2. The summed E-state index contributed by atoms with van der Waals surface area (Å²) in [5, 5.41) is 8.17. The predicted molar refractivity (Wildman–Crippen MR) is 71.5 cm³/mol. The lowest BCUT2D eigenvalue weighted by Crippen LogP contribution is -2.40. The number of nitrogens with one attached hydrogen (secondary N) is 1. The van der Waals surface area contributed by atoms with Gasteiger partial charge in [0.05, 0.1) is 12.3 Å². The minimum absolute atomic E-state index is 0.0362. The van der Waals surface area contributed by atoms with Crippen molar-refractivity contribution in [3.8, 4) is 0 Å². The van der Waals surface area contributed by atoms with E-state index in [2.05, 4.69) is 10.4 Å². The first-order valence-corrected chi connectivity index (χ1v) is 6.13. The van der Waals surface area contributed by atoms with Crippen LogP contribution in [0.5, 0.6) is 0 Å². The van der Waals surface area contributed by atoms with Crippen LogP contribution in [-0.4, -0.2) is 35.7 Å². The molecule has 0 atom stereocenters. The number of rotatable bonds is 4. The van der Waals surface area contributed by atoms with E-state index in [0.29, 0.717) is 25.9 Å². The average Bonchev–Trinajstić information content (AvgIpc) is 2.41. The van der Waals surface area contributed by atoms with Crippen molar-refractivity contribution in [1.29, 1.82) is 0 Å². The highest BCUT2D eigenvalue weighted by molar-refractivity contribution is 6.04. The van der Waals surface area contributed by atoms with Gasteiger partial charge in [-0.1, -0.05) is 30.3 Å². The molecular weight excluding hydrogens is 244 g/mol. The Morgan fingerprint density at radius 3 is 2.74 bits per heavy atom. The minimum Gasteiger partial charge on any atom is -0.352 e. The molecule has 1 aromatic carbocycles. The maximum absolute atomic E-state index is 11.7. The molecule has 3 N–H and O–H groups in total. The second-order valence-electron chi connectivity index (χ2n) is 4.22. The first kappa shape index (κ1) is 13.1. The van der Waals surface area contributed by atoms with Crippen LogP contribution in [0.25, 0.3) is 0 Å². The van der Waals surface area contributed by atoms with Crippen molar-refractivity contribution in [3.63, 3.8) is 0 Å². The molecule has 0 bridgehead atoms. The molecule has 1 heterocycles. The molecule has 1 aromatic rings. The van der Waals surface area contributed by atoms with Crippen LogP contribution in [0.1, 0.15) is 18.4 Å². The van der Waals surface area contributed by atoms with E-state index in [1.807, 2.05) is 30.3 Å². The van der Waals surface area contributed by atoms with Gasteiger partial charge in [0.25, 0.3) is 0 Å². The standard InChI is InChI=1S/C13H16N4O2/c14-13(19)15-8-9-17-12(18)7-6-11(16-17)10-4-2-1-3-5-10/h1-5H,6-9H2,(H3,14,15,19). The number of benzene rings is 1. The molecule has 6 nitrogen and oxygen atoms in total. The zero-order valence-corrected chi connectivity index (χ0v) is 10.5. The summed E-state index contributed by atoms with van der Waals surface area (Å²) in [7, 11) is 0. The minimum atomic E-state index is -0.600. The Balaban J connectivity index is 2.05. The molecule has 1 aliphatic heterocycles. The van der Waals surface area contributed by atoms with E-state index in [1.165, 1.54) is 5.01 Å². The topological polar surface area (TPSA) is 87.8 Å². The molecule has 6 heteroatoms. The summed E-state index contributed by atoms with van der Waals surface area (Å²) < 4.78 is 0. The van der Waals surface area contributed by atoms with Gasteiger partial charge in [-0.15, -0.1) is 0 Å². The molecule has 0 aliphatic carbocycles. The van der Waals surface area contributed by atoms with E-state index in [0.717, 1.165) is 11.3 Å². The normalized spacial score (nSPS) is 15.1. The van der Waals surface area contributed by atoms with E-state index in [1.54, 1.807) is 0 Å². The smallest absolute Gasteiger partial charge is 0.312 e. The number of amides is 3. The maximum Gasteiger partial charge on any atom is 0.312 e. The number of hydrogen-bond donors (Lipinski definition) is 2. The van der Waals surface area contributed by atoms with E-state index in [-0.39, 0.29) is 5.91 Å². The molecule has 0 aromatic heterocycles. The molecule has 19 heavy (non-hydrogen) atoms. The van der Waals surface area contributed by atoms with Gasteiger partial charge in [-0.2, -0.15) is 5.10 Å². The fourth-order valence-corrected chi connectivity index (χ4v) is 1.90. The van der Waals surface area contributed by atoms with Crippen molar-refractivity contribution < 1.29 is 9.59 Å². The third-order valence-corrected chi connectivity index (χ3v) is 2.83. The molecule has 0 saturated heterocycles. The van der Waals surface area contributed by atoms with Gasteiger partial charge in [-0.05, 0) is 5.56 Å². The van der Waals surface area contributed by atoms with Crippen LogP contribution in [0.15, 0.2) is 35.4 Å². The molecule has 0 spiro atoms. The number of hydrogen-bond acceptors (Lipinski definition) is 3. The molecule has 3 amide bonds. The van der Waals surface area contributed by atoms with Crippen LogP contribution in [0, 0.1) is 0 Å². The Hall–Kier alpha value is -2.37. The third-order valence-electron chi connectivity index (χ3n) is 2.83. The SMILES string of the molecule is NC(=O)NCCN1N=C(c2ccccc2)CCC1=O. The lowest BCUT2D eigenvalue weighted by molar-refractivity contribution is -0.131. The summed E-state index contributed by atoms with van der Waals surface area (Å²) in [4.78, 5) is 22.3. The molecular formula is C13H16N4O2. The molecule has 100 valence electrons. The molecule has 0 saturated carbocycles. The number of hydrazone groups is 1. The van der Waals surface area contributed by atoms with Gasteiger partial charge >= 0.3 is 6.03 Å². The van der Waals surface area contributed by atoms with Crippen LogP contribution in [0.4, 0.5) is 4.79 Å². The fraction of sp³-hybridized carbons (Fsp3) is 0.308. The van der Waals surface area contributed by atoms with Crippen LogP contribution in [0.3, 0.4) is 0 Å². The van der Waals surface area contributed by atoms with Crippen molar-refractivity contribution in [2.24, 2.45) is 10.8 Å². The fourth-order valence-electron chi connectivity index (χ4n) is 1.90. The number of primary amides is 1. The highest BCUT2D eigenvalue weighted by atomic mass is 16.2. The Morgan fingerprint density at radius 2 is 2.05 bits per heavy atom. The summed E-state index contributed by atoms with van der Waals surface area (Å²) >= 11 is 0. The van der Waals surface area contributed by atoms with Gasteiger partial charge < -0.3 is 11.1 Å². The summed E-state index contributed by atoms with van der Waals surface area (Å²) in [5.74, 6) is -0.0362. The van der Waals surface area contributed by atoms with Crippen LogP contribution >= 0.6 is 0 Å². The van der Waals surface area contributed by atoms with Crippen LogP contribution in [0.2, 0.25) is 0 Å². The second kappa shape index (κ2) is 5.99. The lowest BCUT2D eigenvalue weighted by atomic mass is 10.0. The molecule has 0 radical (unpaired) electrons. The molecule has 0 unspecified atom stereocenters. The Kier molecular flexibility index (Phi) is 4.12. The Bertz CT molecular complexity index is 499. The summed E-state index contributed by atoms with van der Waals surface area (Å²) in [6.45, 7) is 0.630. The first-order valence-electron chi connectivity index (χ1n) is 6.13.